The Hall–Kier alpha value is -3.02. The van der Waals surface area contributed by atoms with Gasteiger partial charge in [-0.1, -0.05) is 42.8 Å². The van der Waals surface area contributed by atoms with Gasteiger partial charge in [0.2, 0.25) is 0 Å². The highest BCUT2D eigenvalue weighted by molar-refractivity contribution is 6.34. The molecule has 4 rings (SSSR count). The molecule has 1 fully saturated rings. The van der Waals surface area contributed by atoms with E-state index in [1.165, 1.54) is 13.0 Å². The lowest BCUT2D eigenvalue weighted by Gasteiger charge is -2.32. The number of aliphatic hydroxyl groups is 3. The van der Waals surface area contributed by atoms with Gasteiger partial charge in [-0.05, 0) is 23.6 Å². The lowest BCUT2D eigenvalue weighted by molar-refractivity contribution is -0.150. The third kappa shape index (κ3) is 4.38. The van der Waals surface area contributed by atoms with Gasteiger partial charge in [0, 0.05) is 27.7 Å². The highest BCUT2D eigenvalue weighted by atomic mass is 35.5. The summed E-state index contributed by atoms with van der Waals surface area (Å²) in [5.41, 5.74) is -0.493. The lowest BCUT2D eigenvalue weighted by atomic mass is 9.70. The van der Waals surface area contributed by atoms with Crippen LogP contribution in [0, 0.1) is 11.3 Å². The molecule has 11 heteroatoms. The van der Waals surface area contributed by atoms with E-state index in [2.05, 4.69) is 4.98 Å². The first kappa shape index (κ1) is 25.6. The fourth-order valence-electron chi connectivity index (χ4n) is 4.06. The monoisotopic (exact) mass is 493 g/mol. The molecule has 6 N–H and O–H groups in total. The minimum Gasteiger partial charge on any atom is -0.480 e. The lowest BCUT2D eigenvalue weighted by Crippen LogP contribution is -2.43. The second-order valence-corrected chi connectivity index (χ2v) is 8.43. The number of para-hydroxylation sites is 1. The SMILES string of the molecule is CC1C(C(=O)O)=CC=C(Cl)C1(C=O)C(=O)O.OC[C@H]1O[C@@H](c2cc3ccccc3[nH]2)[C@H](O)[C@@H]1O. The van der Waals surface area contributed by atoms with Crippen LogP contribution in [0.1, 0.15) is 18.7 Å². The highest BCUT2D eigenvalue weighted by Gasteiger charge is 2.51. The van der Waals surface area contributed by atoms with Crippen molar-refractivity contribution in [3.8, 4) is 0 Å². The van der Waals surface area contributed by atoms with Crippen LogP contribution >= 0.6 is 11.6 Å². The van der Waals surface area contributed by atoms with Crippen LogP contribution in [-0.4, -0.2) is 73.7 Å². The smallest absolute Gasteiger partial charge is 0.331 e. The molecule has 34 heavy (non-hydrogen) atoms. The largest absolute Gasteiger partial charge is 0.480 e. The van der Waals surface area contributed by atoms with Crippen molar-refractivity contribution in [1.82, 2.24) is 4.98 Å². The number of aromatic nitrogens is 1. The number of fused-ring (bicyclic) bond motifs is 1. The molecule has 1 aromatic carbocycles. The van der Waals surface area contributed by atoms with Crippen LogP contribution in [0.15, 0.2) is 53.1 Å². The van der Waals surface area contributed by atoms with Crippen molar-refractivity contribution in [2.75, 3.05) is 6.61 Å². The Balaban J connectivity index is 0.000000192. The van der Waals surface area contributed by atoms with Crippen molar-refractivity contribution in [2.45, 2.75) is 31.3 Å². The summed E-state index contributed by atoms with van der Waals surface area (Å²) < 4.78 is 5.47. The summed E-state index contributed by atoms with van der Waals surface area (Å²) in [6, 6.07) is 9.61. The van der Waals surface area contributed by atoms with Crippen LogP contribution in [0.5, 0.6) is 0 Å². The van der Waals surface area contributed by atoms with Crippen molar-refractivity contribution in [2.24, 2.45) is 11.3 Å². The van der Waals surface area contributed by atoms with Crippen LogP contribution in [0.2, 0.25) is 0 Å². The van der Waals surface area contributed by atoms with Gasteiger partial charge in [-0.3, -0.25) is 4.79 Å². The van der Waals surface area contributed by atoms with Gasteiger partial charge >= 0.3 is 11.9 Å². The number of carboxylic acid groups (broad SMARTS) is 2. The number of aliphatic carboxylic acids is 2. The molecule has 0 amide bonds. The molecule has 1 aliphatic heterocycles. The van der Waals surface area contributed by atoms with Gasteiger partial charge in [0.1, 0.15) is 30.7 Å². The molecule has 1 saturated heterocycles. The van der Waals surface area contributed by atoms with E-state index in [1.54, 1.807) is 0 Å². The number of hydrogen-bond acceptors (Lipinski definition) is 7. The number of allylic oxidation sites excluding steroid dienone is 2. The highest BCUT2D eigenvalue weighted by Crippen LogP contribution is 2.43. The number of aromatic amines is 1. The maximum absolute atomic E-state index is 11.1. The zero-order valence-corrected chi connectivity index (χ0v) is 18.7. The number of aliphatic hydroxyl groups excluding tert-OH is 3. The van der Waals surface area contributed by atoms with Crippen LogP contribution in [-0.2, 0) is 19.1 Å². The number of benzene rings is 1. The molecule has 1 aliphatic carbocycles. The normalized spacial score (nSPS) is 30.7. The Bertz CT molecular complexity index is 1120. The van der Waals surface area contributed by atoms with Crippen molar-refractivity contribution >= 4 is 40.7 Å². The van der Waals surface area contributed by atoms with Crippen molar-refractivity contribution in [3.63, 3.8) is 0 Å². The Morgan fingerprint density at radius 2 is 1.85 bits per heavy atom. The predicted octanol–water partition coefficient (Wildman–Crippen LogP) is 1.36. The first-order chi connectivity index (χ1) is 16.1. The molecule has 0 radical (unpaired) electrons. The number of carboxylic acids is 2. The van der Waals surface area contributed by atoms with Crippen molar-refractivity contribution < 1.29 is 44.7 Å². The van der Waals surface area contributed by atoms with Crippen molar-refractivity contribution in [3.05, 3.63) is 58.8 Å². The Kier molecular flexibility index (Phi) is 7.59. The average Bonchev–Trinajstić information content (AvgIpc) is 3.35. The predicted molar refractivity (Wildman–Crippen MR) is 120 cm³/mol. The Labute approximate surface area is 198 Å². The van der Waals surface area contributed by atoms with Gasteiger partial charge in [-0.25, -0.2) is 4.79 Å². The molecule has 1 aromatic heterocycles. The fraction of sp³-hybridized carbons (Fsp3) is 0.348. The molecule has 10 nitrogen and oxygen atoms in total. The third-order valence-electron chi connectivity index (χ3n) is 6.14. The number of halogens is 1. The molecule has 2 heterocycles. The van der Waals surface area contributed by atoms with Gasteiger partial charge < -0.3 is 40.0 Å². The number of ether oxygens (including phenoxy) is 1. The summed E-state index contributed by atoms with van der Waals surface area (Å²) in [6.07, 6.45) is -0.954. The number of carbonyl (C=O) groups excluding carboxylic acids is 1. The van der Waals surface area contributed by atoms with Crippen LogP contribution in [0.4, 0.5) is 0 Å². The number of carbonyl (C=O) groups is 3. The first-order valence-corrected chi connectivity index (χ1v) is 10.7. The fourth-order valence-corrected chi connectivity index (χ4v) is 4.41. The summed E-state index contributed by atoms with van der Waals surface area (Å²) in [7, 11) is 0. The summed E-state index contributed by atoms with van der Waals surface area (Å²) in [6.45, 7) is 1.03. The number of rotatable bonds is 5. The minimum atomic E-state index is -2.00. The van der Waals surface area contributed by atoms with Crippen LogP contribution < -0.4 is 0 Å². The maximum atomic E-state index is 11.1. The molecule has 0 spiro atoms. The molecule has 2 aliphatic rings. The first-order valence-electron chi connectivity index (χ1n) is 10.3. The molecule has 0 bridgehead atoms. The van der Waals surface area contributed by atoms with Gasteiger partial charge in [0.05, 0.1) is 6.61 Å². The van der Waals surface area contributed by atoms with E-state index in [-0.39, 0.29) is 23.5 Å². The summed E-state index contributed by atoms with van der Waals surface area (Å²) in [5, 5.41) is 47.4. The molecular formula is C23H24ClNO9. The zero-order chi connectivity index (χ0) is 25.2. The minimum absolute atomic E-state index is 0.154. The summed E-state index contributed by atoms with van der Waals surface area (Å²) in [4.78, 5) is 36.1. The number of H-pyrrole nitrogens is 1. The van der Waals surface area contributed by atoms with E-state index >= 15 is 0 Å². The van der Waals surface area contributed by atoms with E-state index in [0.29, 0.717) is 5.69 Å². The number of hydrogen-bond donors (Lipinski definition) is 6. The Morgan fingerprint density at radius 3 is 2.38 bits per heavy atom. The van der Waals surface area contributed by atoms with Crippen LogP contribution in [0.3, 0.4) is 0 Å². The van der Waals surface area contributed by atoms with E-state index in [9.17, 15) is 24.6 Å². The summed E-state index contributed by atoms with van der Waals surface area (Å²) in [5.74, 6) is -3.74. The maximum Gasteiger partial charge on any atom is 0.331 e. The average molecular weight is 494 g/mol. The molecule has 2 aromatic rings. The van der Waals surface area contributed by atoms with Gasteiger partial charge in [0.15, 0.2) is 5.41 Å². The topological polar surface area (TPSA) is 177 Å². The molecule has 182 valence electrons. The molecule has 0 saturated carbocycles. The molecule has 2 unspecified atom stereocenters. The standard InChI is InChI=1S/C13H15NO4.C10H9ClO5/c15-6-10-11(16)12(17)13(18-10)9-5-7-3-1-2-4-8(7)14-9;1-5-6(8(13)14)2-3-7(11)10(5,4-12)9(15)16/h1-5,10-17H,6H2;2-5H,1H3,(H,13,14)(H,15,16)/t10-,11-,12-,13+;/m1./s1. The van der Waals surface area contributed by atoms with E-state index in [0.717, 1.165) is 17.0 Å². The number of aldehydes is 1. The Morgan fingerprint density at radius 1 is 1.18 bits per heavy atom. The van der Waals surface area contributed by atoms with E-state index in [4.69, 9.17) is 31.7 Å². The quantitative estimate of drug-likeness (QED) is 0.265. The van der Waals surface area contributed by atoms with Crippen LogP contribution in [0.25, 0.3) is 10.9 Å². The van der Waals surface area contributed by atoms with Gasteiger partial charge in [-0.2, -0.15) is 0 Å². The molecule has 6 atom stereocenters. The van der Waals surface area contributed by atoms with Crippen molar-refractivity contribution in [1.29, 1.82) is 0 Å². The zero-order valence-electron chi connectivity index (χ0n) is 18.0. The van der Waals surface area contributed by atoms with Gasteiger partial charge in [-0.15, -0.1) is 0 Å². The third-order valence-corrected chi connectivity index (χ3v) is 6.58. The summed E-state index contributed by atoms with van der Waals surface area (Å²) >= 11 is 5.71. The van der Waals surface area contributed by atoms with E-state index in [1.807, 2.05) is 30.3 Å². The second kappa shape index (κ2) is 10.1. The number of nitrogens with one attached hydrogen (secondary N) is 1. The second-order valence-electron chi connectivity index (χ2n) is 8.03. The van der Waals surface area contributed by atoms with E-state index < -0.39 is 47.7 Å². The molecular weight excluding hydrogens is 470 g/mol. The van der Waals surface area contributed by atoms with Gasteiger partial charge in [0.25, 0.3) is 0 Å².